The lowest BCUT2D eigenvalue weighted by molar-refractivity contribution is -0.123. The van der Waals surface area contributed by atoms with Gasteiger partial charge in [0.05, 0.1) is 6.07 Å². The van der Waals surface area contributed by atoms with Crippen molar-refractivity contribution in [2.75, 3.05) is 5.32 Å². The van der Waals surface area contributed by atoms with Gasteiger partial charge >= 0.3 is 0 Å². The molecule has 17 heavy (non-hydrogen) atoms. The summed E-state index contributed by atoms with van der Waals surface area (Å²) < 4.78 is 0. The lowest BCUT2D eigenvalue weighted by Crippen LogP contribution is -2.34. The Morgan fingerprint density at radius 3 is 2.65 bits per heavy atom. The number of nitriles is 1. The van der Waals surface area contributed by atoms with Crippen molar-refractivity contribution in [3.63, 3.8) is 0 Å². The molecule has 0 saturated heterocycles. The fourth-order valence-electron chi connectivity index (χ4n) is 2.17. The second-order valence-corrected chi connectivity index (χ2v) is 5.14. The van der Waals surface area contributed by atoms with Crippen molar-refractivity contribution in [1.82, 2.24) is 10.2 Å². The first kappa shape index (κ1) is 12.0. The lowest BCUT2D eigenvalue weighted by atomic mass is 9.81. The van der Waals surface area contributed by atoms with Crippen molar-refractivity contribution in [3.05, 3.63) is 5.51 Å². The molecule has 1 aromatic rings. The minimum atomic E-state index is -0.873. The van der Waals surface area contributed by atoms with Crippen molar-refractivity contribution in [2.45, 2.75) is 38.5 Å². The molecular weight excluding hydrogens is 236 g/mol. The van der Waals surface area contributed by atoms with Crippen LogP contribution in [-0.2, 0) is 4.79 Å². The van der Waals surface area contributed by atoms with Crippen molar-refractivity contribution >= 4 is 22.4 Å². The Morgan fingerprint density at radius 1 is 1.41 bits per heavy atom. The first-order valence-electron chi connectivity index (χ1n) is 5.76. The summed E-state index contributed by atoms with van der Waals surface area (Å²) in [5.74, 6) is -0.223. The summed E-state index contributed by atoms with van der Waals surface area (Å²) in [5.41, 5.74) is 0.684. The summed E-state index contributed by atoms with van der Waals surface area (Å²) in [5, 5.41) is 19.9. The molecule has 0 aromatic carbocycles. The van der Waals surface area contributed by atoms with E-state index in [4.69, 9.17) is 0 Å². The quantitative estimate of drug-likeness (QED) is 0.817. The topological polar surface area (TPSA) is 78.7 Å². The highest BCUT2D eigenvalue weighted by Gasteiger charge is 2.39. The largest absolute Gasteiger partial charge is 0.299 e. The van der Waals surface area contributed by atoms with Crippen LogP contribution in [-0.4, -0.2) is 16.1 Å². The van der Waals surface area contributed by atoms with E-state index in [0.29, 0.717) is 18.0 Å². The molecule has 5 nitrogen and oxygen atoms in total. The van der Waals surface area contributed by atoms with Crippen LogP contribution in [0.2, 0.25) is 0 Å². The zero-order valence-electron chi connectivity index (χ0n) is 9.48. The van der Waals surface area contributed by atoms with Crippen molar-refractivity contribution in [2.24, 2.45) is 5.41 Å². The molecule has 1 amide bonds. The van der Waals surface area contributed by atoms with E-state index in [1.807, 2.05) is 0 Å². The molecule has 2 rings (SSSR count). The Bertz CT molecular complexity index is 415. The van der Waals surface area contributed by atoms with Crippen LogP contribution in [0, 0.1) is 16.7 Å². The molecule has 1 heterocycles. The molecule has 0 radical (unpaired) electrons. The lowest BCUT2D eigenvalue weighted by Gasteiger charge is -2.22. The van der Waals surface area contributed by atoms with Gasteiger partial charge in [-0.1, -0.05) is 37.0 Å². The third kappa shape index (κ3) is 2.61. The molecular formula is C11H14N4OS. The second kappa shape index (κ2) is 5.23. The van der Waals surface area contributed by atoms with Crippen molar-refractivity contribution in [1.29, 1.82) is 5.26 Å². The van der Waals surface area contributed by atoms with E-state index >= 15 is 0 Å². The van der Waals surface area contributed by atoms with Crippen LogP contribution in [0.15, 0.2) is 5.51 Å². The fourth-order valence-corrected chi connectivity index (χ4v) is 2.61. The molecule has 0 unspecified atom stereocenters. The van der Waals surface area contributed by atoms with Crippen LogP contribution in [0.3, 0.4) is 0 Å². The predicted octanol–water partition coefficient (Wildman–Crippen LogP) is 2.34. The van der Waals surface area contributed by atoms with Crippen molar-refractivity contribution in [3.8, 4) is 6.07 Å². The third-order valence-corrected chi connectivity index (χ3v) is 3.79. The average Bonchev–Trinajstić information content (AvgIpc) is 2.72. The highest BCUT2D eigenvalue weighted by molar-refractivity contribution is 7.13. The fraction of sp³-hybridized carbons (Fsp3) is 0.636. The van der Waals surface area contributed by atoms with Gasteiger partial charge in [-0.15, -0.1) is 10.2 Å². The normalized spacial score (nSPS) is 19.0. The SMILES string of the molecule is N#CC1(C(=O)Nc2nncs2)CCCCCC1. The highest BCUT2D eigenvalue weighted by Crippen LogP contribution is 2.35. The van der Waals surface area contributed by atoms with Gasteiger partial charge in [-0.2, -0.15) is 5.26 Å². The molecule has 1 aliphatic carbocycles. The number of anilines is 1. The number of amides is 1. The minimum absolute atomic E-state index is 0.223. The molecule has 1 fully saturated rings. The number of aromatic nitrogens is 2. The number of rotatable bonds is 2. The van der Waals surface area contributed by atoms with Gasteiger partial charge in [0.25, 0.3) is 0 Å². The van der Waals surface area contributed by atoms with Gasteiger partial charge in [-0.05, 0) is 12.8 Å². The number of carbonyl (C=O) groups is 1. The van der Waals surface area contributed by atoms with Gasteiger partial charge in [0, 0.05) is 0 Å². The second-order valence-electron chi connectivity index (χ2n) is 4.31. The van der Waals surface area contributed by atoms with Crippen LogP contribution in [0.25, 0.3) is 0 Å². The molecule has 1 aliphatic rings. The Labute approximate surface area is 104 Å². The van der Waals surface area contributed by atoms with Gasteiger partial charge < -0.3 is 0 Å². The zero-order chi connectivity index (χ0) is 12.1. The van der Waals surface area contributed by atoms with E-state index in [2.05, 4.69) is 21.6 Å². The van der Waals surface area contributed by atoms with Gasteiger partial charge in [-0.3, -0.25) is 10.1 Å². The summed E-state index contributed by atoms with van der Waals surface area (Å²) in [4.78, 5) is 12.2. The van der Waals surface area contributed by atoms with E-state index in [9.17, 15) is 10.1 Å². The Hall–Kier alpha value is -1.48. The maximum atomic E-state index is 12.2. The van der Waals surface area contributed by atoms with E-state index in [-0.39, 0.29) is 5.91 Å². The first-order valence-corrected chi connectivity index (χ1v) is 6.64. The minimum Gasteiger partial charge on any atom is -0.299 e. The van der Waals surface area contributed by atoms with Crippen LogP contribution in [0.4, 0.5) is 5.13 Å². The van der Waals surface area contributed by atoms with Crippen LogP contribution in [0.1, 0.15) is 38.5 Å². The van der Waals surface area contributed by atoms with E-state index in [1.165, 1.54) is 11.3 Å². The molecule has 0 aliphatic heterocycles. The number of nitrogens with zero attached hydrogens (tertiary/aromatic N) is 3. The standard InChI is InChI=1S/C11H14N4OS/c12-7-11(5-3-1-2-4-6-11)9(16)14-10-15-13-8-17-10/h8H,1-6H2,(H,14,15,16). The molecule has 90 valence electrons. The third-order valence-electron chi connectivity index (χ3n) is 3.19. The maximum absolute atomic E-state index is 12.2. The summed E-state index contributed by atoms with van der Waals surface area (Å²) in [6.45, 7) is 0. The zero-order valence-corrected chi connectivity index (χ0v) is 10.3. The van der Waals surface area contributed by atoms with Crippen LogP contribution in [0.5, 0.6) is 0 Å². The van der Waals surface area contributed by atoms with Gasteiger partial charge in [0.1, 0.15) is 10.9 Å². The highest BCUT2D eigenvalue weighted by atomic mass is 32.1. The monoisotopic (exact) mass is 250 g/mol. The Balaban J connectivity index is 2.11. The molecule has 1 saturated carbocycles. The van der Waals surface area contributed by atoms with Gasteiger partial charge in [-0.25, -0.2) is 0 Å². The molecule has 1 N–H and O–H groups in total. The number of hydrogen-bond acceptors (Lipinski definition) is 5. The Morgan fingerprint density at radius 2 is 2.12 bits per heavy atom. The maximum Gasteiger partial charge on any atom is 0.246 e. The van der Waals surface area contributed by atoms with Crippen LogP contribution < -0.4 is 5.32 Å². The predicted molar refractivity (Wildman–Crippen MR) is 64.3 cm³/mol. The summed E-state index contributed by atoms with van der Waals surface area (Å²) in [6.07, 6.45) is 5.39. The average molecular weight is 250 g/mol. The molecule has 0 bridgehead atoms. The van der Waals surface area contributed by atoms with E-state index in [0.717, 1.165) is 25.7 Å². The van der Waals surface area contributed by atoms with E-state index in [1.54, 1.807) is 5.51 Å². The number of nitrogens with one attached hydrogen (secondary N) is 1. The van der Waals surface area contributed by atoms with Crippen LogP contribution >= 0.6 is 11.3 Å². The molecule has 0 atom stereocenters. The van der Waals surface area contributed by atoms with Crippen molar-refractivity contribution < 1.29 is 4.79 Å². The van der Waals surface area contributed by atoms with E-state index < -0.39 is 5.41 Å². The van der Waals surface area contributed by atoms with Gasteiger partial charge in [0.15, 0.2) is 0 Å². The number of carbonyl (C=O) groups excluding carboxylic acids is 1. The smallest absolute Gasteiger partial charge is 0.246 e. The number of hydrogen-bond donors (Lipinski definition) is 1. The van der Waals surface area contributed by atoms with Gasteiger partial charge in [0.2, 0.25) is 11.0 Å². The first-order chi connectivity index (χ1) is 8.27. The molecule has 6 heteroatoms. The summed E-state index contributed by atoms with van der Waals surface area (Å²) in [6, 6.07) is 2.21. The molecule has 1 aromatic heterocycles. The summed E-state index contributed by atoms with van der Waals surface area (Å²) in [7, 11) is 0. The Kier molecular flexibility index (Phi) is 3.69. The molecule has 0 spiro atoms. The summed E-state index contributed by atoms with van der Waals surface area (Å²) >= 11 is 1.27.